The van der Waals surface area contributed by atoms with E-state index in [9.17, 15) is 0 Å². The van der Waals surface area contributed by atoms with Gasteiger partial charge in [0, 0.05) is 6.20 Å². The van der Waals surface area contributed by atoms with E-state index in [0.29, 0.717) is 5.92 Å². The molecule has 1 aliphatic rings. The number of hydrogen-bond donors (Lipinski definition) is 0. The maximum Gasteiger partial charge on any atom is 0.252 e. The average Bonchev–Trinajstić information content (AvgIpc) is 3.07. The fraction of sp³-hybridized carbons (Fsp3) is 0.357. The Morgan fingerprint density at radius 1 is 1.42 bits per heavy atom. The number of fused-ring (bicyclic) bond motifs is 3. The van der Waals surface area contributed by atoms with Crippen molar-refractivity contribution in [2.24, 2.45) is 5.92 Å². The Morgan fingerprint density at radius 3 is 3.21 bits per heavy atom. The van der Waals surface area contributed by atoms with Crippen molar-refractivity contribution in [3.63, 3.8) is 0 Å². The smallest absolute Gasteiger partial charge is 0.219 e. The summed E-state index contributed by atoms with van der Waals surface area (Å²) >= 11 is 1.66. The minimum atomic E-state index is 0.715. The second kappa shape index (κ2) is 4.13. The highest BCUT2D eigenvalue weighted by molar-refractivity contribution is 7.13. The van der Waals surface area contributed by atoms with Gasteiger partial charge in [-0.25, -0.2) is 9.50 Å². The zero-order valence-corrected chi connectivity index (χ0v) is 11.5. The lowest BCUT2D eigenvalue weighted by Crippen LogP contribution is -2.16. The van der Waals surface area contributed by atoms with Gasteiger partial charge in [0.05, 0.1) is 10.6 Å². The molecule has 19 heavy (non-hydrogen) atoms. The molecule has 0 bridgehead atoms. The van der Waals surface area contributed by atoms with Crippen LogP contribution in [0.3, 0.4) is 0 Å². The zero-order chi connectivity index (χ0) is 12.8. The van der Waals surface area contributed by atoms with Gasteiger partial charge in [-0.15, -0.1) is 16.4 Å². The summed E-state index contributed by atoms with van der Waals surface area (Å²) in [5.74, 6) is 2.22. The highest BCUT2D eigenvalue weighted by Crippen LogP contribution is 2.27. The van der Waals surface area contributed by atoms with Gasteiger partial charge in [0.15, 0.2) is 5.82 Å². The van der Waals surface area contributed by atoms with Crippen LogP contribution in [0.15, 0.2) is 23.7 Å². The van der Waals surface area contributed by atoms with E-state index in [1.54, 1.807) is 11.3 Å². The van der Waals surface area contributed by atoms with Crippen molar-refractivity contribution < 1.29 is 0 Å². The normalized spacial score (nSPS) is 18.7. The summed E-state index contributed by atoms with van der Waals surface area (Å²) in [7, 11) is 0. The lowest BCUT2D eigenvalue weighted by molar-refractivity contribution is 0.482. The molecule has 0 aliphatic heterocycles. The molecule has 1 atom stereocenters. The third-order valence-electron chi connectivity index (χ3n) is 3.74. The molecule has 0 spiro atoms. The van der Waals surface area contributed by atoms with Gasteiger partial charge in [-0.05, 0) is 42.2 Å². The predicted octanol–water partition coefficient (Wildman–Crippen LogP) is 2.98. The average molecular weight is 270 g/mol. The Bertz CT molecular complexity index is 729. The molecule has 4 nitrogen and oxygen atoms in total. The summed E-state index contributed by atoms with van der Waals surface area (Å²) in [5, 5.41) is 6.70. The van der Waals surface area contributed by atoms with Crippen LogP contribution in [0, 0.1) is 5.92 Å². The van der Waals surface area contributed by atoms with Gasteiger partial charge >= 0.3 is 0 Å². The fourth-order valence-corrected chi connectivity index (χ4v) is 3.34. The van der Waals surface area contributed by atoms with Crippen molar-refractivity contribution in [3.05, 3.63) is 35.0 Å². The van der Waals surface area contributed by atoms with Crippen molar-refractivity contribution >= 4 is 17.1 Å². The number of nitrogens with zero attached hydrogens (tertiary/aromatic N) is 4. The third kappa shape index (κ3) is 1.76. The Balaban J connectivity index is 1.92. The summed E-state index contributed by atoms with van der Waals surface area (Å²) in [6.45, 7) is 2.30. The molecule has 4 rings (SSSR count). The highest BCUT2D eigenvalue weighted by atomic mass is 32.1. The molecule has 3 aromatic rings. The lowest BCUT2D eigenvalue weighted by Gasteiger charge is -2.20. The Kier molecular flexibility index (Phi) is 2.41. The first-order chi connectivity index (χ1) is 9.31. The molecule has 0 radical (unpaired) electrons. The largest absolute Gasteiger partial charge is 0.252 e. The van der Waals surface area contributed by atoms with Crippen molar-refractivity contribution in [2.75, 3.05) is 0 Å². The number of thiophene rings is 1. The van der Waals surface area contributed by atoms with E-state index in [2.05, 4.69) is 28.1 Å². The molecule has 3 aromatic heterocycles. The standard InChI is InChI=1S/C14H14N4S/c1-9-4-5-10-8-15-14-16-13(12-3-2-6-19-12)17-18(14)11(10)7-9/h2-3,6,8-9H,4-5,7H2,1H3. The van der Waals surface area contributed by atoms with Crippen LogP contribution in [-0.2, 0) is 12.8 Å². The second-order valence-corrected chi connectivity index (χ2v) is 6.15. The summed E-state index contributed by atoms with van der Waals surface area (Å²) < 4.78 is 1.94. The second-order valence-electron chi connectivity index (χ2n) is 5.20. The van der Waals surface area contributed by atoms with Crippen LogP contribution in [0.25, 0.3) is 16.5 Å². The van der Waals surface area contributed by atoms with E-state index in [1.165, 1.54) is 17.7 Å². The number of hydrogen-bond acceptors (Lipinski definition) is 4. The summed E-state index contributed by atoms with van der Waals surface area (Å²) in [5.41, 5.74) is 2.62. The van der Waals surface area contributed by atoms with E-state index in [4.69, 9.17) is 0 Å². The van der Waals surface area contributed by atoms with Gasteiger partial charge in [-0.3, -0.25) is 0 Å². The van der Waals surface area contributed by atoms with Crippen molar-refractivity contribution in [3.8, 4) is 10.7 Å². The third-order valence-corrected chi connectivity index (χ3v) is 4.61. The molecule has 0 amide bonds. The van der Waals surface area contributed by atoms with E-state index < -0.39 is 0 Å². The lowest BCUT2D eigenvalue weighted by atomic mass is 9.89. The highest BCUT2D eigenvalue weighted by Gasteiger charge is 2.20. The molecular weight excluding hydrogens is 256 g/mol. The van der Waals surface area contributed by atoms with E-state index >= 15 is 0 Å². The van der Waals surface area contributed by atoms with Crippen LogP contribution < -0.4 is 0 Å². The van der Waals surface area contributed by atoms with Gasteiger partial charge in [-0.1, -0.05) is 13.0 Å². The molecule has 0 aromatic carbocycles. The molecule has 96 valence electrons. The summed E-state index contributed by atoms with van der Waals surface area (Å²) in [6.07, 6.45) is 5.39. The van der Waals surface area contributed by atoms with Gasteiger partial charge in [-0.2, -0.15) is 4.98 Å². The molecule has 0 N–H and O–H groups in total. The van der Waals surface area contributed by atoms with E-state index in [-0.39, 0.29) is 0 Å². The molecule has 5 heteroatoms. The number of rotatable bonds is 1. The van der Waals surface area contributed by atoms with Crippen LogP contribution in [0.4, 0.5) is 0 Å². The first kappa shape index (κ1) is 11.1. The van der Waals surface area contributed by atoms with Crippen molar-refractivity contribution in [1.82, 2.24) is 19.6 Å². The minimum absolute atomic E-state index is 0.715. The number of aryl methyl sites for hydroxylation is 1. The number of aromatic nitrogens is 4. The summed E-state index contributed by atoms with van der Waals surface area (Å²) in [6, 6.07) is 4.07. The van der Waals surface area contributed by atoms with E-state index in [1.807, 2.05) is 22.2 Å². The first-order valence-electron chi connectivity index (χ1n) is 6.58. The quantitative estimate of drug-likeness (QED) is 0.682. The fourth-order valence-electron chi connectivity index (χ4n) is 2.69. The van der Waals surface area contributed by atoms with Gasteiger partial charge < -0.3 is 0 Å². The van der Waals surface area contributed by atoms with Crippen LogP contribution in [0.2, 0.25) is 0 Å². The Labute approximate surface area is 115 Å². The summed E-state index contributed by atoms with van der Waals surface area (Å²) in [4.78, 5) is 10.1. The Hall–Kier alpha value is -1.75. The molecule has 0 fully saturated rings. The molecule has 0 saturated heterocycles. The van der Waals surface area contributed by atoms with Gasteiger partial charge in [0.1, 0.15) is 0 Å². The van der Waals surface area contributed by atoms with Crippen LogP contribution in [0.1, 0.15) is 24.6 Å². The topological polar surface area (TPSA) is 43.1 Å². The van der Waals surface area contributed by atoms with Crippen LogP contribution >= 0.6 is 11.3 Å². The van der Waals surface area contributed by atoms with E-state index in [0.717, 1.165) is 29.3 Å². The van der Waals surface area contributed by atoms with Crippen LogP contribution in [0.5, 0.6) is 0 Å². The van der Waals surface area contributed by atoms with Gasteiger partial charge in [0.2, 0.25) is 0 Å². The molecule has 3 heterocycles. The molecule has 1 aliphatic carbocycles. The first-order valence-corrected chi connectivity index (χ1v) is 7.46. The minimum Gasteiger partial charge on any atom is -0.219 e. The molecule has 0 saturated carbocycles. The van der Waals surface area contributed by atoms with Gasteiger partial charge in [0.25, 0.3) is 5.78 Å². The zero-order valence-electron chi connectivity index (χ0n) is 10.7. The van der Waals surface area contributed by atoms with Crippen molar-refractivity contribution in [2.45, 2.75) is 26.2 Å². The maximum absolute atomic E-state index is 4.66. The Morgan fingerprint density at radius 2 is 2.37 bits per heavy atom. The monoisotopic (exact) mass is 270 g/mol. The van der Waals surface area contributed by atoms with Crippen molar-refractivity contribution in [1.29, 1.82) is 0 Å². The SMILES string of the molecule is CC1CCc2cnc3nc(-c4cccs4)nn3c2C1. The molecular formula is C14H14N4S. The van der Waals surface area contributed by atoms with Crippen LogP contribution in [-0.4, -0.2) is 19.6 Å². The molecule has 1 unspecified atom stereocenters. The maximum atomic E-state index is 4.66. The predicted molar refractivity (Wildman–Crippen MR) is 75.3 cm³/mol.